The van der Waals surface area contributed by atoms with Gasteiger partial charge in [-0.3, -0.25) is 0 Å². The van der Waals surface area contributed by atoms with Crippen LogP contribution in [0.5, 0.6) is 0 Å². The van der Waals surface area contributed by atoms with E-state index < -0.39 is 8.60 Å². The Bertz CT molecular complexity index is 165. The van der Waals surface area contributed by atoms with Crippen LogP contribution in [-0.2, 0) is 4.52 Å². The summed E-state index contributed by atoms with van der Waals surface area (Å²) in [4.78, 5) is 17.1. The number of hydrogen-bond acceptors (Lipinski definition) is 3. The molecule has 0 aliphatic rings. The van der Waals surface area contributed by atoms with Crippen LogP contribution in [0.4, 0.5) is 0 Å². The molecule has 2 N–H and O–H groups in total. The number of unbranched alkanes of at least 4 members (excludes halogenated alkanes) is 11. The molecule has 0 aromatic heterocycles. The minimum absolute atomic E-state index is 0. The molecule has 19 heavy (non-hydrogen) atoms. The summed E-state index contributed by atoms with van der Waals surface area (Å²) in [7, 11) is -2.14. The Hall–Kier alpha value is 1.31. The van der Waals surface area contributed by atoms with Crippen molar-refractivity contribution in [3.63, 3.8) is 0 Å². The van der Waals surface area contributed by atoms with E-state index in [1.165, 1.54) is 64.2 Å². The van der Waals surface area contributed by atoms with Gasteiger partial charge in [0.05, 0.1) is 6.61 Å². The molecular formula is C14H32NaO3P. The van der Waals surface area contributed by atoms with Gasteiger partial charge in [-0.05, 0) is 6.42 Å². The van der Waals surface area contributed by atoms with Crippen molar-refractivity contribution in [3.8, 4) is 0 Å². The maximum Gasteiger partial charge on any atom is 1.00 e. The molecule has 0 aliphatic heterocycles. The average Bonchev–Trinajstić information content (AvgIpc) is 2.34. The van der Waals surface area contributed by atoms with E-state index in [1.807, 2.05) is 0 Å². The maximum absolute atomic E-state index is 8.53. The Morgan fingerprint density at radius 1 is 0.737 bits per heavy atom. The Labute approximate surface area is 144 Å². The molecule has 3 nitrogen and oxygen atoms in total. The molecule has 0 spiro atoms. The van der Waals surface area contributed by atoms with Crippen molar-refractivity contribution < 1.29 is 45.3 Å². The summed E-state index contributed by atoms with van der Waals surface area (Å²) in [6.07, 6.45) is 15.7. The second-order valence-corrected chi connectivity index (χ2v) is 5.74. The van der Waals surface area contributed by atoms with Gasteiger partial charge in [0.2, 0.25) is 0 Å². The molecule has 0 fully saturated rings. The molecular weight excluding hydrogens is 270 g/mol. The van der Waals surface area contributed by atoms with Crippen molar-refractivity contribution in [2.45, 2.75) is 84.0 Å². The van der Waals surface area contributed by atoms with Gasteiger partial charge in [-0.1, -0.05) is 77.6 Å². The minimum Gasteiger partial charge on any atom is -1.00 e. The summed E-state index contributed by atoms with van der Waals surface area (Å²) < 4.78 is 4.71. The molecule has 0 heterocycles. The van der Waals surface area contributed by atoms with Gasteiger partial charge >= 0.3 is 38.2 Å². The van der Waals surface area contributed by atoms with E-state index in [2.05, 4.69) is 6.92 Å². The van der Waals surface area contributed by atoms with Crippen LogP contribution in [0.15, 0.2) is 0 Å². The van der Waals surface area contributed by atoms with Gasteiger partial charge in [0.1, 0.15) is 0 Å². The fourth-order valence-corrected chi connectivity index (χ4v) is 2.38. The van der Waals surface area contributed by atoms with Crippen molar-refractivity contribution in [3.05, 3.63) is 0 Å². The molecule has 0 saturated carbocycles. The van der Waals surface area contributed by atoms with Crippen LogP contribution in [0.1, 0.15) is 85.4 Å². The van der Waals surface area contributed by atoms with Crippen LogP contribution < -0.4 is 29.6 Å². The zero-order valence-corrected chi connectivity index (χ0v) is 15.8. The zero-order valence-electron chi connectivity index (χ0n) is 13.9. The topological polar surface area (TPSA) is 49.7 Å². The third-order valence-electron chi connectivity index (χ3n) is 3.20. The first-order valence-electron chi connectivity index (χ1n) is 7.58. The van der Waals surface area contributed by atoms with Gasteiger partial charge in [0.15, 0.2) is 0 Å². The summed E-state index contributed by atoms with van der Waals surface area (Å²) >= 11 is 0. The molecule has 0 unspecified atom stereocenters. The van der Waals surface area contributed by atoms with E-state index in [0.717, 1.165) is 12.8 Å². The first kappa shape index (κ1) is 22.6. The smallest absolute Gasteiger partial charge is 1.00 e. The molecule has 0 atom stereocenters. The standard InChI is InChI=1S/C14H31O3P.Na.H/c1-2-3-4-5-6-7-8-9-10-11-12-13-14-17-18(15)16;;/h15-16H,2-14H2,1H3;;/q;+1;-1. The van der Waals surface area contributed by atoms with Gasteiger partial charge in [-0.2, -0.15) is 0 Å². The molecule has 0 aromatic carbocycles. The van der Waals surface area contributed by atoms with E-state index in [0.29, 0.717) is 6.61 Å². The third kappa shape index (κ3) is 21.8. The van der Waals surface area contributed by atoms with Gasteiger partial charge in [-0.15, -0.1) is 0 Å². The Kier molecular flexibility index (Phi) is 23.0. The minimum atomic E-state index is -2.14. The van der Waals surface area contributed by atoms with Gasteiger partial charge in [0.25, 0.3) is 0 Å². The fourth-order valence-electron chi connectivity index (χ4n) is 2.09. The largest absolute Gasteiger partial charge is 1.00 e. The first-order valence-corrected chi connectivity index (χ1v) is 8.74. The molecule has 0 bridgehead atoms. The molecule has 0 aromatic rings. The Morgan fingerprint density at radius 2 is 1.11 bits per heavy atom. The van der Waals surface area contributed by atoms with E-state index in [1.54, 1.807) is 0 Å². The van der Waals surface area contributed by atoms with Crippen LogP contribution in [0.2, 0.25) is 0 Å². The van der Waals surface area contributed by atoms with E-state index in [9.17, 15) is 0 Å². The van der Waals surface area contributed by atoms with Gasteiger partial charge < -0.3 is 15.7 Å². The van der Waals surface area contributed by atoms with E-state index >= 15 is 0 Å². The van der Waals surface area contributed by atoms with E-state index in [-0.39, 0.29) is 31.0 Å². The van der Waals surface area contributed by atoms with Crippen LogP contribution in [0.25, 0.3) is 0 Å². The van der Waals surface area contributed by atoms with Crippen molar-refractivity contribution in [1.29, 1.82) is 0 Å². The Morgan fingerprint density at radius 3 is 1.47 bits per heavy atom. The predicted molar refractivity (Wildman–Crippen MR) is 79.5 cm³/mol. The van der Waals surface area contributed by atoms with Crippen molar-refractivity contribution in [2.75, 3.05) is 6.61 Å². The third-order valence-corrected chi connectivity index (χ3v) is 3.62. The maximum atomic E-state index is 8.53. The van der Waals surface area contributed by atoms with Gasteiger partial charge in [-0.25, -0.2) is 0 Å². The summed E-state index contributed by atoms with van der Waals surface area (Å²) in [5.74, 6) is 0. The van der Waals surface area contributed by atoms with E-state index in [4.69, 9.17) is 14.3 Å². The molecule has 0 rings (SSSR count). The van der Waals surface area contributed by atoms with Crippen molar-refractivity contribution in [2.24, 2.45) is 0 Å². The quantitative estimate of drug-likeness (QED) is 0.293. The van der Waals surface area contributed by atoms with Crippen LogP contribution in [0, 0.1) is 0 Å². The average molecular weight is 302 g/mol. The SMILES string of the molecule is CCCCCCCCCCCCCCOP(O)O.[H-].[Na+]. The molecule has 0 amide bonds. The second-order valence-electron chi connectivity index (χ2n) is 4.98. The van der Waals surface area contributed by atoms with Gasteiger partial charge in [0, 0.05) is 0 Å². The number of rotatable bonds is 14. The molecule has 5 heteroatoms. The predicted octanol–water partition coefficient (Wildman–Crippen LogP) is 2.03. The fraction of sp³-hybridized carbons (Fsp3) is 1.00. The Balaban J connectivity index is -0.00000144. The monoisotopic (exact) mass is 302 g/mol. The van der Waals surface area contributed by atoms with Crippen LogP contribution >= 0.6 is 8.60 Å². The zero-order chi connectivity index (χ0) is 13.5. The summed E-state index contributed by atoms with van der Waals surface area (Å²) in [6.45, 7) is 2.74. The number of hydrogen-bond donors (Lipinski definition) is 2. The summed E-state index contributed by atoms with van der Waals surface area (Å²) in [5.41, 5.74) is 0. The van der Waals surface area contributed by atoms with Crippen LogP contribution in [-0.4, -0.2) is 16.4 Å². The summed E-state index contributed by atoms with van der Waals surface area (Å²) in [5, 5.41) is 0. The summed E-state index contributed by atoms with van der Waals surface area (Å²) in [6, 6.07) is 0. The van der Waals surface area contributed by atoms with Crippen molar-refractivity contribution in [1.82, 2.24) is 0 Å². The molecule has 0 saturated heterocycles. The normalized spacial score (nSPS) is 10.7. The molecule has 112 valence electrons. The second kappa shape index (κ2) is 19.3. The van der Waals surface area contributed by atoms with Crippen LogP contribution in [0.3, 0.4) is 0 Å². The van der Waals surface area contributed by atoms with Crippen molar-refractivity contribution >= 4 is 8.60 Å². The first-order chi connectivity index (χ1) is 8.77. The molecule has 0 aliphatic carbocycles. The molecule has 0 radical (unpaired) electrons.